The van der Waals surface area contributed by atoms with Crippen LogP contribution in [0.2, 0.25) is 0 Å². The molecule has 10 nitrogen and oxygen atoms in total. The fourth-order valence-electron chi connectivity index (χ4n) is 4.23. The number of aromatic nitrogens is 1. The molecule has 1 atom stereocenters. The highest BCUT2D eigenvalue weighted by Crippen LogP contribution is 2.22. The van der Waals surface area contributed by atoms with Crippen LogP contribution in [-0.2, 0) is 16.1 Å². The predicted molar refractivity (Wildman–Crippen MR) is 135 cm³/mol. The van der Waals surface area contributed by atoms with Crippen molar-refractivity contribution >= 4 is 23.2 Å². The Kier molecular flexibility index (Phi) is 8.32. The SMILES string of the molecule is O=C(NCC(c1cccnc1)N1CCN(Cc2ccccc2)CC1)C(=O)Nc1ccc([N+](=O)[O-])cc1. The van der Waals surface area contributed by atoms with E-state index < -0.39 is 16.7 Å². The van der Waals surface area contributed by atoms with Crippen molar-refractivity contribution in [1.82, 2.24) is 20.1 Å². The van der Waals surface area contributed by atoms with Gasteiger partial charge in [-0.15, -0.1) is 0 Å². The zero-order valence-corrected chi connectivity index (χ0v) is 19.7. The summed E-state index contributed by atoms with van der Waals surface area (Å²) < 4.78 is 0. The highest BCUT2D eigenvalue weighted by molar-refractivity contribution is 6.39. The molecular formula is C26H28N6O4. The fourth-order valence-corrected chi connectivity index (χ4v) is 4.23. The van der Waals surface area contributed by atoms with Gasteiger partial charge in [-0.3, -0.25) is 34.5 Å². The smallest absolute Gasteiger partial charge is 0.313 e. The molecule has 0 radical (unpaired) electrons. The van der Waals surface area contributed by atoms with Crippen molar-refractivity contribution in [1.29, 1.82) is 0 Å². The van der Waals surface area contributed by atoms with Crippen LogP contribution >= 0.6 is 0 Å². The molecule has 36 heavy (non-hydrogen) atoms. The molecule has 0 bridgehead atoms. The monoisotopic (exact) mass is 488 g/mol. The lowest BCUT2D eigenvalue weighted by atomic mass is 10.1. The molecule has 0 spiro atoms. The van der Waals surface area contributed by atoms with E-state index in [1.54, 1.807) is 12.4 Å². The summed E-state index contributed by atoms with van der Waals surface area (Å²) in [5.41, 5.74) is 2.45. The summed E-state index contributed by atoms with van der Waals surface area (Å²) in [6.45, 7) is 4.55. The first-order valence-electron chi connectivity index (χ1n) is 11.7. The first-order chi connectivity index (χ1) is 17.5. The predicted octanol–water partition coefficient (Wildman–Crippen LogP) is 2.60. The maximum absolute atomic E-state index is 12.5. The van der Waals surface area contributed by atoms with Gasteiger partial charge in [-0.25, -0.2) is 0 Å². The van der Waals surface area contributed by atoms with Crippen LogP contribution in [0.3, 0.4) is 0 Å². The zero-order valence-electron chi connectivity index (χ0n) is 19.7. The average Bonchev–Trinajstić information content (AvgIpc) is 2.91. The van der Waals surface area contributed by atoms with Crippen molar-refractivity contribution in [2.45, 2.75) is 12.6 Å². The Morgan fingerprint density at radius 3 is 2.31 bits per heavy atom. The Hall–Kier alpha value is -4.15. The number of amides is 2. The highest BCUT2D eigenvalue weighted by atomic mass is 16.6. The number of benzene rings is 2. The molecular weight excluding hydrogens is 460 g/mol. The molecule has 2 aromatic carbocycles. The number of nitrogens with one attached hydrogen (secondary N) is 2. The first kappa shape index (κ1) is 25.0. The van der Waals surface area contributed by atoms with Gasteiger partial charge in [0.1, 0.15) is 0 Å². The van der Waals surface area contributed by atoms with Crippen LogP contribution in [-0.4, -0.2) is 64.2 Å². The molecule has 1 aliphatic heterocycles. The van der Waals surface area contributed by atoms with Crippen LogP contribution in [0.1, 0.15) is 17.2 Å². The average molecular weight is 489 g/mol. The van der Waals surface area contributed by atoms with Crippen molar-refractivity contribution < 1.29 is 14.5 Å². The number of rotatable bonds is 8. The highest BCUT2D eigenvalue weighted by Gasteiger charge is 2.26. The van der Waals surface area contributed by atoms with Gasteiger partial charge in [-0.05, 0) is 29.3 Å². The summed E-state index contributed by atoms with van der Waals surface area (Å²) in [6, 6.07) is 19.4. The molecule has 2 amide bonds. The third kappa shape index (κ3) is 6.71. The number of piperazine rings is 1. The molecule has 2 heterocycles. The molecule has 2 N–H and O–H groups in total. The standard InChI is InChI=1S/C26H28N6O4/c33-25(26(34)29-22-8-10-23(11-9-22)32(35)36)28-18-24(21-7-4-12-27-17-21)31-15-13-30(14-16-31)19-20-5-2-1-3-6-20/h1-12,17,24H,13-16,18-19H2,(H,28,33)(H,29,34). The van der Waals surface area contributed by atoms with Crippen molar-refractivity contribution in [3.05, 3.63) is 100 Å². The van der Waals surface area contributed by atoms with Crippen molar-refractivity contribution in [2.75, 3.05) is 38.0 Å². The summed E-state index contributed by atoms with van der Waals surface area (Å²) in [7, 11) is 0. The Morgan fingerprint density at radius 1 is 0.944 bits per heavy atom. The summed E-state index contributed by atoms with van der Waals surface area (Å²) >= 11 is 0. The maximum Gasteiger partial charge on any atom is 0.313 e. The Morgan fingerprint density at radius 2 is 1.67 bits per heavy atom. The summed E-state index contributed by atoms with van der Waals surface area (Å²) in [6.07, 6.45) is 3.48. The molecule has 186 valence electrons. The summed E-state index contributed by atoms with van der Waals surface area (Å²) in [4.78, 5) is 44.1. The normalized spacial score (nSPS) is 15.1. The van der Waals surface area contributed by atoms with Gasteiger partial charge in [0, 0.05) is 69.5 Å². The van der Waals surface area contributed by atoms with E-state index in [1.807, 2.05) is 30.3 Å². The molecule has 4 rings (SSSR count). The Bertz CT molecular complexity index is 1170. The van der Waals surface area contributed by atoms with Gasteiger partial charge >= 0.3 is 11.8 Å². The van der Waals surface area contributed by atoms with Gasteiger partial charge in [-0.1, -0.05) is 36.4 Å². The van der Waals surface area contributed by atoms with Crippen LogP contribution in [0.15, 0.2) is 79.1 Å². The number of hydrogen-bond acceptors (Lipinski definition) is 7. The van der Waals surface area contributed by atoms with Crippen LogP contribution in [0.4, 0.5) is 11.4 Å². The molecule has 1 unspecified atom stereocenters. The zero-order chi connectivity index (χ0) is 25.3. The minimum atomic E-state index is -0.832. The van der Waals surface area contributed by atoms with Crippen molar-refractivity contribution in [3.8, 4) is 0 Å². The number of anilines is 1. The second-order valence-electron chi connectivity index (χ2n) is 8.57. The minimum absolute atomic E-state index is 0.0966. The van der Waals surface area contributed by atoms with Gasteiger partial charge in [-0.2, -0.15) is 0 Å². The van der Waals surface area contributed by atoms with E-state index in [9.17, 15) is 19.7 Å². The molecule has 0 saturated carbocycles. The molecule has 1 fully saturated rings. The van der Waals surface area contributed by atoms with Crippen LogP contribution in [0, 0.1) is 10.1 Å². The molecule has 1 saturated heterocycles. The quantitative estimate of drug-likeness (QED) is 0.284. The molecule has 1 aromatic heterocycles. The molecule has 3 aromatic rings. The summed E-state index contributed by atoms with van der Waals surface area (Å²) in [5, 5.41) is 16.0. The largest absolute Gasteiger partial charge is 0.346 e. The number of carbonyl (C=O) groups excluding carboxylic acids is 2. The van der Waals surface area contributed by atoms with E-state index in [4.69, 9.17) is 0 Å². The number of nitro groups is 1. The Balaban J connectivity index is 1.34. The lowest BCUT2D eigenvalue weighted by Crippen LogP contribution is -2.50. The van der Waals surface area contributed by atoms with E-state index >= 15 is 0 Å². The van der Waals surface area contributed by atoms with Gasteiger partial charge in [0.25, 0.3) is 5.69 Å². The van der Waals surface area contributed by atoms with Crippen LogP contribution < -0.4 is 10.6 Å². The van der Waals surface area contributed by atoms with Crippen molar-refractivity contribution in [3.63, 3.8) is 0 Å². The van der Waals surface area contributed by atoms with Crippen molar-refractivity contribution in [2.24, 2.45) is 0 Å². The fraction of sp³-hybridized carbons (Fsp3) is 0.269. The van der Waals surface area contributed by atoms with Gasteiger partial charge in [0.05, 0.1) is 11.0 Å². The number of hydrogen-bond donors (Lipinski definition) is 2. The third-order valence-electron chi connectivity index (χ3n) is 6.16. The first-order valence-corrected chi connectivity index (χ1v) is 11.7. The van der Waals surface area contributed by atoms with E-state index in [-0.39, 0.29) is 18.3 Å². The van der Waals surface area contributed by atoms with Gasteiger partial charge in [0.2, 0.25) is 0 Å². The molecule has 1 aliphatic rings. The number of non-ortho nitro benzene ring substituents is 1. The van der Waals surface area contributed by atoms with E-state index in [0.717, 1.165) is 38.3 Å². The summed E-state index contributed by atoms with van der Waals surface area (Å²) in [5.74, 6) is -1.61. The lowest BCUT2D eigenvalue weighted by Gasteiger charge is -2.39. The molecule has 10 heteroatoms. The molecule has 0 aliphatic carbocycles. The van der Waals surface area contributed by atoms with E-state index in [0.29, 0.717) is 5.69 Å². The second-order valence-corrected chi connectivity index (χ2v) is 8.57. The maximum atomic E-state index is 12.5. The topological polar surface area (TPSA) is 121 Å². The minimum Gasteiger partial charge on any atom is -0.346 e. The third-order valence-corrected chi connectivity index (χ3v) is 6.16. The number of nitrogens with zero attached hydrogens (tertiary/aromatic N) is 4. The van der Waals surface area contributed by atoms with Crippen LogP contribution in [0.5, 0.6) is 0 Å². The van der Waals surface area contributed by atoms with Gasteiger partial charge < -0.3 is 10.6 Å². The number of carbonyl (C=O) groups is 2. The number of nitro benzene ring substituents is 1. The van der Waals surface area contributed by atoms with Gasteiger partial charge in [0.15, 0.2) is 0 Å². The van der Waals surface area contributed by atoms with E-state index in [1.165, 1.54) is 29.8 Å². The number of pyridine rings is 1. The van der Waals surface area contributed by atoms with E-state index in [2.05, 4.69) is 37.6 Å². The van der Waals surface area contributed by atoms with Crippen LogP contribution in [0.25, 0.3) is 0 Å². The Labute approximate surface area is 209 Å². The second kappa shape index (κ2) is 12.0. The lowest BCUT2D eigenvalue weighted by molar-refractivity contribution is -0.384.